The molecule has 2 unspecified atom stereocenters. The van der Waals surface area contributed by atoms with Crippen LogP contribution in [-0.2, 0) is 9.84 Å². The molecule has 0 saturated carbocycles. The maximum atomic E-state index is 12.5. The van der Waals surface area contributed by atoms with Gasteiger partial charge < -0.3 is 10.4 Å². The Morgan fingerprint density at radius 1 is 0.967 bits per heavy atom. The molecule has 2 rings (SSSR count). The number of aliphatic hydroxyl groups is 1. The summed E-state index contributed by atoms with van der Waals surface area (Å²) in [5, 5.41) is 14.2. The second-order valence-electron chi connectivity index (χ2n) is 7.93. The molecule has 2 N–H and O–H groups in total. The molecular formula is C24H34ClNO3S. The molecular weight excluding hydrogens is 418 g/mol. The van der Waals surface area contributed by atoms with Gasteiger partial charge in [0.05, 0.1) is 16.8 Å². The molecule has 0 aliphatic rings. The number of benzene rings is 2. The van der Waals surface area contributed by atoms with Gasteiger partial charge >= 0.3 is 0 Å². The van der Waals surface area contributed by atoms with Gasteiger partial charge in [0.15, 0.2) is 9.84 Å². The molecule has 6 heteroatoms. The van der Waals surface area contributed by atoms with Crippen molar-refractivity contribution in [3.05, 3.63) is 64.7 Å². The maximum absolute atomic E-state index is 12.5. The Morgan fingerprint density at radius 3 is 2.33 bits per heavy atom. The van der Waals surface area contributed by atoms with Crippen molar-refractivity contribution in [2.24, 2.45) is 0 Å². The zero-order valence-corrected chi connectivity index (χ0v) is 19.6. The monoisotopic (exact) mass is 451 g/mol. The Hall–Kier alpha value is -1.40. The third-order valence-corrected chi connectivity index (χ3v) is 7.40. The molecule has 4 nitrogen and oxygen atoms in total. The van der Waals surface area contributed by atoms with Crippen LogP contribution in [0.5, 0.6) is 0 Å². The molecule has 2 aromatic rings. The fourth-order valence-electron chi connectivity index (χ4n) is 3.40. The lowest BCUT2D eigenvalue weighted by atomic mass is 10.0. The number of nitrogens with one attached hydrogen (secondary N) is 1. The Labute approximate surface area is 186 Å². The van der Waals surface area contributed by atoms with Gasteiger partial charge in [-0.25, -0.2) is 8.42 Å². The van der Waals surface area contributed by atoms with E-state index < -0.39 is 15.9 Å². The summed E-state index contributed by atoms with van der Waals surface area (Å²) in [5.74, 6) is 0.413. The molecule has 0 amide bonds. The summed E-state index contributed by atoms with van der Waals surface area (Å²) in [7, 11) is -3.21. The molecule has 0 bridgehead atoms. The molecule has 0 aliphatic heterocycles. The van der Waals surface area contributed by atoms with Gasteiger partial charge in [0.2, 0.25) is 0 Å². The molecule has 0 fully saturated rings. The first-order valence-corrected chi connectivity index (χ1v) is 12.8. The fourth-order valence-corrected chi connectivity index (χ4v) is 4.97. The zero-order valence-electron chi connectivity index (χ0n) is 18.0. The Kier molecular flexibility index (Phi) is 10.3. The normalized spacial score (nSPS) is 13.9. The number of unbranched alkanes of at least 4 members (excludes halogenated alkanes) is 4. The minimum Gasteiger partial charge on any atom is -0.387 e. The quantitative estimate of drug-likeness (QED) is 0.394. The van der Waals surface area contributed by atoms with Crippen molar-refractivity contribution >= 4 is 21.4 Å². The highest BCUT2D eigenvalue weighted by Crippen LogP contribution is 2.20. The van der Waals surface area contributed by atoms with Gasteiger partial charge in [-0.2, -0.15) is 0 Å². The molecule has 2 aromatic carbocycles. The summed E-state index contributed by atoms with van der Waals surface area (Å²) in [5.41, 5.74) is 1.86. The highest BCUT2D eigenvalue weighted by Gasteiger charge is 2.15. The number of aliphatic hydroxyl groups excluding tert-OH is 1. The highest BCUT2D eigenvalue weighted by molar-refractivity contribution is 7.91. The number of hydrogen-bond acceptors (Lipinski definition) is 4. The van der Waals surface area contributed by atoms with Crippen LogP contribution >= 0.6 is 11.6 Å². The van der Waals surface area contributed by atoms with Gasteiger partial charge in [-0.15, -0.1) is 0 Å². The fraction of sp³-hybridized carbons (Fsp3) is 0.500. The first kappa shape index (κ1) is 24.9. The van der Waals surface area contributed by atoms with Crippen molar-refractivity contribution < 1.29 is 13.5 Å². The minimum absolute atomic E-state index is 0.197. The van der Waals surface area contributed by atoms with Crippen molar-refractivity contribution in [1.82, 2.24) is 5.32 Å². The van der Waals surface area contributed by atoms with Gasteiger partial charge in [0, 0.05) is 18.1 Å². The van der Waals surface area contributed by atoms with E-state index in [9.17, 15) is 13.5 Å². The summed E-state index contributed by atoms with van der Waals surface area (Å²) in [6.45, 7) is 5.34. The number of hydrogen-bond donors (Lipinski definition) is 2. The molecule has 0 aromatic heterocycles. The highest BCUT2D eigenvalue weighted by atomic mass is 35.5. The molecule has 2 atom stereocenters. The molecule has 0 radical (unpaired) electrons. The topological polar surface area (TPSA) is 66.4 Å². The first-order chi connectivity index (χ1) is 14.3. The summed E-state index contributed by atoms with van der Waals surface area (Å²) in [4.78, 5) is 0.401. The van der Waals surface area contributed by atoms with E-state index >= 15 is 0 Å². The number of sulfone groups is 1. The van der Waals surface area contributed by atoms with Crippen molar-refractivity contribution in [2.45, 2.75) is 62.9 Å². The van der Waals surface area contributed by atoms with Crippen LogP contribution in [0.4, 0.5) is 0 Å². The lowest BCUT2D eigenvalue weighted by Crippen LogP contribution is -2.25. The Balaban J connectivity index is 1.82. The number of rotatable bonds is 13. The van der Waals surface area contributed by atoms with E-state index in [4.69, 9.17) is 11.6 Å². The third kappa shape index (κ3) is 8.03. The van der Waals surface area contributed by atoms with Crippen LogP contribution in [0.3, 0.4) is 0 Å². The average Bonchev–Trinajstić information content (AvgIpc) is 2.73. The predicted octanol–water partition coefficient (Wildman–Crippen LogP) is 5.51. The molecule has 0 spiro atoms. The summed E-state index contributed by atoms with van der Waals surface area (Å²) >= 11 is 5.97. The van der Waals surface area contributed by atoms with Gasteiger partial charge in [-0.05, 0) is 47.7 Å². The molecule has 0 heterocycles. The van der Waals surface area contributed by atoms with Gasteiger partial charge in [0.1, 0.15) is 0 Å². The van der Waals surface area contributed by atoms with Gasteiger partial charge in [-0.1, -0.05) is 75.4 Å². The van der Waals surface area contributed by atoms with E-state index in [1.54, 1.807) is 24.3 Å². The predicted molar refractivity (Wildman–Crippen MR) is 125 cm³/mol. The van der Waals surface area contributed by atoms with E-state index in [2.05, 4.69) is 19.2 Å². The zero-order chi connectivity index (χ0) is 22.0. The Bertz CT molecular complexity index is 868. The van der Waals surface area contributed by atoms with E-state index in [0.29, 0.717) is 23.0 Å². The summed E-state index contributed by atoms with van der Waals surface area (Å²) in [6.07, 6.45) is 4.48. The van der Waals surface area contributed by atoms with Crippen LogP contribution in [0, 0.1) is 0 Å². The van der Waals surface area contributed by atoms with Crippen molar-refractivity contribution in [1.29, 1.82) is 0 Å². The average molecular weight is 452 g/mol. The lowest BCUT2D eigenvalue weighted by molar-refractivity contribution is 0.174. The van der Waals surface area contributed by atoms with Crippen LogP contribution in [0.15, 0.2) is 53.4 Å². The van der Waals surface area contributed by atoms with Crippen LogP contribution in [-0.4, -0.2) is 32.4 Å². The maximum Gasteiger partial charge on any atom is 0.178 e. The lowest BCUT2D eigenvalue weighted by Gasteiger charge is -2.17. The van der Waals surface area contributed by atoms with Gasteiger partial charge in [0.25, 0.3) is 0 Å². The second kappa shape index (κ2) is 12.5. The van der Waals surface area contributed by atoms with Crippen LogP contribution in [0.1, 0.15) is 69.1 Å². The molecule has 0 aliphatic carbocycles. The van der Waals surface area contributed by atoms with E-state index in [0.717, 1.165) is 43.2 Å². The van der Waals surface area contributed by atoms with Crippen LogP contribution in [0.25, 0.3) is 0 Å². The SMILES string of the molecule is CCCCCCCS(=O)(=O)c1ccc(C(C)CNCC(O)c2cccc(Cl)c2)cc1. The van der Waals surface area contributed by atoms with Crippen molar-refractivity contribution in [3.8, 4) is 0 Å². The smallest absolute Gasteiger partial charge is 0.178 e. The Morgan fingerprint density at radius 2 is 1.67 bits per heavy atom. The van der Waals surface area contributed by atoms with E-state index in [-0.39, 0.29) is 11.7 Å². The molecule has 166 valence electrons. The first-order valence-electron chi connectivity index (χ1n) is 10.8. The number of halogens is 1. The van der Waals surface area contributed by atoms with E-state index in [1.165, 1.54) is 0 Å². The molecule has 0 saturated heterocycles. The standard InChI is InChI=1S/C24H34ClNO3S/c1-3-4-5-6-7-15-30(28,29)23-13-11-20(12-14-23)19(2)17-26-18-24(27)21-9-8-10-22(25)16-21/h8-14,16,19,24,26-27H,3-7,15,17-18H2,1-2H3. The van der Waals surface area contributed by atoms with E-state index in [1.807, 2.05) is 24.3 Å². The van der Waals surface area contributed by atoms with Gasteiger partial charge in [-0.3, -0.25) is 0 Å². The summed E-state index contributed by atoms with van der Waals surface area (Å²) in [6, 6.07) is 14.4. The second-order valence-corrected chi connectivity index (χ2v) is 10.5. The van der Waals surface area contributed by atoms with Crippen LogP contribution in [0.2, 0.25) is 5.02 Å². The van der Waals surface area contributed by atoms with Crippen molar-refractivity contribution in [2.75, 3.05) is 18.8 Å². The third-order valence-electron chi connectivity index (χ3n) is 5.35. The minimum atomic E-state index is -3.21. The largest absolute Gasteiger partial charge is 0.387 e. The summed E-state index contributed by atoms with van der Waals surface area (Å²) < 4.78 is 25.0. The molecule has 30 heavy (non-hydrogen) atoms. The van der Waals surface area contributed by atoms with Crippen molar-refractivity contribution in [3.63, 3.8) is 0 Å². The van der Waals surface area contributed by atoms with Crippen LogP contribution < -0.4 is 5.32 Å².